The summed E-state index contributed by atoms with van der Waals surface area (Å²) in [5, 5.41) is 20.9. The summed E-state index contributed by atoms with van der Waals surface area (Å²) in [5.41, 5.74) is 6.79. The van der Waals surface area contributed by atoms with Gasteiger partial charge in [0.1, 0.15) is 0 Å². The van der Waals surface area contributed by atoms with Crippen LogP contribution in [0.4, 0.5) is 0 Å². The molecule has 6 rings (SSSR count). The third kappa shape index (κ3) is 6.46. The summed E-state index contributed by atoms with van der Waals surface area (Å²) in [7, 11) is 0. The predicted octanol–water partition coefficient (Wildman–Crippen LogP) is 9.67. The van der Waals surface area contributed by atoms with Gasteiger partial charge in [0.25, 0.3) is 5.91 Å². The lowest BCUT2D eigenvalue weighted by Gasteiger charge is -2.72. The van der Waals surface area contributed by atoms with Gasteiger partial charge in [0.15, 0.2) is 0 Å². The van der Waals surface area contributed by atoms with Crippen molar-refractivity contribution in [3.8, 4) is 0 Å². The van der Waals surface area contributed by atoms with E-state index < -0.39 is 11.4 Å². The van der Waals surface area contributed by atoms with Crippen molar-refractivity contribution in [2.45, 2.75) is 150 Å². The zero-order valence-electron chi connectivity index (χ0n) is 33.9. The molecule has 10 atom stereocenters. The number of carboxylic acid groups (broad SMARTS) is 1. The number of aromatic carboxylic acids is 1. The van der Waals surface area contributed by atoms with E-state index in [9.17, 15) is 19.8 Å². The molecule has 53 heavy (non-hydrogen) atoms. The summed E-state index contributed by atoms with van der Waals surface area (Å²) in [4.78, 5) is 43.5. The Morgan fingerprint density at radius 3 is 2.17 bits per heavy atom. The number of carbonyl (C=O) groups excluding carboxylic acids is 2. The monoisotopic (exact) mass is 731 g/mol. The Morgan fingerprint density at radius 2 is 1.49 bits per heavy atom. The molecule has 5 aliphatic carbocycles. The molecule has 1 aromatic carbocycles. The summed E-state index contributed by atoms with van der Waals surface area (Å²) in [5.74, 6) is 0.280. The quantitative estimate of drug-likeness (QED) is 0.112. The number of benzene rings is 1. The molecule has 0 bridgehead atoms. The minimum absolute atomic E-state index is 0.0341. The fourth-order valence-electron chi connectivity index (χ4n) is 14.1. The minimum Gasteiger partial charge on any atom is -0.478 e. The fourth-order valence-corrected chi connectivity index (χ4v) is 14.1. The number of fused-ring (bicyclic) bond motifs is 7. The molecule has 5 aliphatic rings. The lowest BCUT2D eigenvalue weighted by molar-refractivity contribution is -0.247. The standard InChI is InChI=1S/C46H70N2O5/c1-30(2)33-19-24-46(41(53)48(28-13-11-9-8-10-12-27-47)39(50)31-15-14-16-32(29-31)40(51)52)26-25-44(6)34(38(33)46)17-18-36-43(5)22-21-37(49)42(3,4)35(43)20-23-45(36,44)7/h14-16,29,33-38,49H,1,8-13,17-28,47H2,2-7H3,(H,51,52)/t33-,34+,35-,36?,37-,38+,43-,44+,45+,46-/m0/s1. The van der Waals surface area contributed by atoms with Crippen LogP contribution in [-0.4, -0.2) is 52.1 Å². The number of amides is 2. The summed E-state index contributed by atoms with van der Waals surface area (Å²) >= 11 is 0. The molecule has 0 aromatic heterocycles. The number of nitrogens with zero attached hydrogens (tertiary/aromatic N) is 1. The van der Waals surface area contributed by atoms with Crippen LogP contribution in [0.5, 0.6) is 0 Å². The van der Waals surface area contributed by atoms with E-state index >= 15 is 4.79 Å². The van der Waals surface area contributed by atoms with Gasteiger partial charge in [0, 0.05) is 12.1 Å². The Kier molecular flexibility index (Phi) is 11.3. The molecular formula is C46H70N2O5. The Morgan fingerprint density at radius 1 is 0.811 bits per heavy atom. The maximum atomic E-state index is 15.5. The van der Waals surface area contributed by atoms with Gasteiger partial charge in [0.05, 0.1) is 17.1 Å². The van der Waals surface area contributed by atoms with E-state index in [1.165, 1.54) is 12.1 Å². The van der Waals surface area contributed by atoms with Gasteiger partial charge in [-0.05, 0) is 160 Å². The molecule has 0 aliphatic heterocycles. The van der Waals surface area contributed by atoms with Crippen LogP contribution in [0, 0.1) is 56.7 Å². The first kappa shape index (κ1) is 40.2. The number of hydrogen-bond acceptors (Lipinski definition) is 5. The SMILES string of the molecule is C=C(C)[C@@H]1CC[C@]2(C(=O)N(CCCCCCCCN)C(=O)c3cccc(C(=O)O)c3)CC[C@]3(C)[C@H](CCC4[C@@]5(C)CC[C@H](O)C(C)(C)[C@@H]5CC[C@]43C)[C@@H]12. The van der Waals surface area contributed by atoms with E-state index in [4.69, 9.17) is 5.73 Å². The first-order chi connectivity index (χ1) is 25.0. The molecule has 0 saturated heterocycles. The van der Waals surface area contributed by atoms with Crippen LogP contribution in [0.15, 0.2) is 36.4 Å². The van der Waals surface area contributed by atoms with Crippen molar-refractivity contribution in [2.24, 2.45) is 62.4 Å². The smallest absolute Gasteiger partial charge is 0.335 e. The van der Waals surface area contributed by atoms with Crippen LogP contribution < -0.4 is 5.73 Å². The van der Waals surface area contributed by atoms with E-state index in [1.54, 1.807) is 17.0 Å². The molecule has 2 amide bonds. The average Bonchev–Trinajstić information content (AvgIpc) is 3.52. The lowest BCUT2D eigenvalue weighted by Crippen LogP contribution is -2.67. The zero-order chi connectivity index (χ0) is 38.6. The van der Waals surface area contributed by atoms with Crippen molar-refractivity contribution in [3.05, 3.63) is 47.5 Å². The van der Waals surface area contributed by atoms with E-state index in [0.717, 1.165) is 108 Å². The van der Waals surface area contributed by atoms with E-state index in [1.807, 2.05) is 0 Å². The predicted molar refractivity (Wildman–Crippen MR) is 211 cm³/mol. The van der Waals surface area contributed by atoms with Crippen molar-refractivity contribution in [1.29, 1.82) is 0 Å². The van der Waals surface area contributed by atoms with E-state index in [0.29, 0.717) is 30.8 Å². The average molecular weight is 731 g/mol. The highest BCUT2D eigenvalue weighted by Gasteiger charge is 2.72. The first-order valence-corrected chi connectivity index (χ1v) is 21.2. The number of allylic oxidation sites excluding steroid dienone is 1. The summed E-state index contributed by atoms with van der Waals surface area (Å²) in [6.45, 7) is 20.1. The molecule has 1 aromatic rings. The second kappa shape index (κ2) is 14.9. The van der Waals surface area contributed by atoms with Gasteiger partial charge < -0.3 is 15.9 Å². The highest BCUT2D eigenvalue weighted by molar-refractivity contribution is 6.07. The Bertz CT molecular complexity index is 1570. The number of hydrogen-bond donors (Lipinski definition) is 3. The number of carboxylic acids is 1. The molecule has 4 N–H and O–H groups in total. The summed E-state index contributed by atoms with van der Waals surface area (Å²) < 4.78 is 0. The first-order valence-electron chi connectivity index (χ1n) is 21.2. The number of nitrogens with two attached hydrogens (primary N) is 1. The molecule has 5 fully saturated rings. The highest BCUT2D eigenvalue weighted by atomic mass is 16.4. The largest absolute Gasteiger partial charge is 0.478 e. The van der Waals surface area contributed by atoms with Crippen LogP contribution in [0.3, 0.4) is 0 Å². The Balaban J connectivity index is 1.34. The van der Waals surface area contributed by atoms with E-state index in [-0.39, 0.29) is 62.5 Å². The Labute approximate surface area is 319 Å². The second-order valence-corrected chi connectivity index (χ2v) is 19.8. The molecule has 0 radical (unpaired) electrons. The number of rotatable bonds is 12. The second-order valence-electron chi connectivity index (χ2n) is 19.8. The van der Waals surface area contributed by atoms with Gasteiger partial charge in [-0.2, -0.15) is 0 Å². The number of aliphatic hydroxyl groups excluding tert-OH is 1. The molecular weight excluding hydrogens is 661 g/mol. The van der Waals surface area contributed by atoms with Crippen LogP contribution in [0.25, 0.3) is 0 Å². The van der Waals surface area contributed by atoms with Crippen molar-refractivity contribution >= 4 is 17.8 Å². The van der Waals surface area contributed by atoms with Gasteiger partial charge >= 0.3 is 5.97 Å². The normalized spacial score (nSPS) is 38.5. The topological polar surface area (TPSA) is 121 Å². The maximum absolute atomic E-state index is 15.5. The van der Waals surface area contributed by atoms with Crippen LogP contribution in [0.2, 0.25) is 0 Å². The number of carbonyl (C=O) groups is 3. The van der Waals surface area contributed by atoms with E-state index in [2.05, 4.69) is 48.1 Å². The minimum atomic E-state index is -1.08. The molecule has 1 unspecified atom stereocenters. The molecule has 5 saturated carbocycles. The maximum Gasteiger partial charge on any atom is 0.335 e. The highest BCUT2D eigenvalue weighted by Crippen LogP contribution is 2.77. The molecule has 294 valence electrons. The molecule has 7 heteroatoms. The van der Waals surface area contributed by atoms with Gasteiger partial charge in [-0.25, -0.2) is 4.79 Å². The zero-order valence-corrected chi connectivity index (χ0v) is 33.9. The van der Waals surface area contributed by atoms with Gasteiger partial charge in [-0.3, -0.25) is 14.5 Å². The summed E-state index contributed by atoms with van der Waals surface area (Å²) in [6.07, 6.45) is 15.5. The van der Waals surface area contributed by atoms with Crippen LogP contribution in [-0.2, 0) is 4.79 Å². The summed E-state index contributed by atoms with van der Waals surface area (Å²) in [6, 6.07) is 6.20. The fraction of sp³-hybridized carbons (Fsp3) is 0.761. The molecule has 0 spiro atoms. The van der Waals surface area contributed by atoms with Crippen molar-refractivity contribution in [2.75, 3.05) is 13.1 Å². The van der Waals surface area contributed by atoms with Gasteiger partial charge in [0.2, 0.25) is 5.91 Å². The van der Waals surface area contributed by atoms with Gasteiger partial charge in [-0.15, -0.1) is 0 Å². The number of unbranched alkanes of at least 4 members (excludes halogenated alkanes) is 5. The van der Waals surface area contributed by atoms with Crippen molar-refractivity contribution < 1.29 is 24.6 Å². The number of imide groups is 1. The van der Waals surface area contributed by atoms with Crippen LogP contribution in [0.1, 0.15) is 165 Å². The third-order valence-electron chi connectivity index (χ3n) is 17.2. The van der Waals surface area contributed by atoms with Crippen molar-refractivity contribution in [3.63, 3.8) is 0 Å². The van der Waals surface area contributed by atoms with Crippen LogP contribution >= 0.6 is 0 Å². The molecule has 7 nitrogen and oxygen atoms in total. The van der Waals surface area contributed by atoms with Crippen molar-refractivity contribution in [1.82, 2.24) is 4.90 Å². The third-order valence-corrected chi connectivity index (χ3v) is 17.2. The lowest BCUT2D eigenvalue weighted by atomic mass is 9.32. The Hall–Kier alpha value is -2.51. The van der Waals surface area contributed by atoms with Gasteiger partial charge in [-0.1, -0.05) is 78.5 Å². The number of aliphatic hydroxyl groups is 1. The molecule has 0 heterocycles.